The molecule has 0 atom stereocenters. The van der Waals surface area contributed by atoms with Gasteiger partial charge in [0.1, 0.15) is 18.2 Å². The predicted octanol–water partition coefficient (Wildman–Crippen LogP) is 3.36. The average Bonchev–Trinajstić information content (AvgIpc) is 2.44. The van der Waals surface area contributed by atoms with E-state index < -0.39 is 0 Å². The highest BCUT2D eigenvalue weighted by Gasteiger charge is 2.11. The second-order valence-electron chi connectivity index (χ2n) is 5.36. The maximum absolute atomic E-state index is 5.78. The van der Waals surface area contributed by atoms with Gasteiger partial charge in [-0.05, 0) is 33.6 Å². The van der Waals surface area contributed by atoms with E-state index >= 15 is 0 Å². The highest BCUT2D eigenvalue weighted by molar-refractivity contribution is 5.48. The fourth-order valence-corrected chi connectivity index (χ4v) is 1.85. The Morgan fingerprint density at radius 1 is 1.10 bits per heavy atom. The molecular weight excluding hydrogens is 266 g/mol. The van der Waals surface area contributed by atoms with Gasteiger partial charge in [-0.2, -0.15) is 4.98 Å². The summed E-state index contributed by atoms with van der Waals surface area (Å²) in [6.45, 7) is 12.3. The van der Waals surface area contributed by atoms with Crippen LogP contribution in [0.2, 0.25) is 0 Å². The van der Waals surface area contributed by atoms with Crippen LogP contribution in [-0.2, 0) is 11.2 Å². The number of aryl methyl sites for hydroxylation is 1. The molecule has 0 aromatic carbocycles. The molecule has 1 N–H and O–H groups in total. The van der Waals surface area contributed by atoms with E-state index in [0.717, 1.165) is 43.0 Å². The Hall–Kier alpha value is -1.36. The lowest BCUT2D eigenvalue weighted by molar-refractivity contribution is 0.0540. The van der Waals surface area contributed by atoms with Gasteiger partial charge in [-0.25, -0.2) is 4.98 Å². The molecule has 0 amide bonds. The van der Waals surface area contributed by atoms with E-state index in [1.807, 2.05) is 20.8 Å². The molecule has 0 aliphatic rings. The summed E-state index contributed by atoms with van der Waals surface area (Å²) in [5, 5.41) is 3.35. The van der Waals surface area contributed by atoms with E-state index in [1.165, 1.54) is 0 Å². The lowest BCUT2D eigenvalue weighted by Crippen LogP contribution is -2.14. The van der Waals surface area contributed by atoms with Crippen LogP contribution in [0.25, 0.3) is 0 Å². The lowest BCUT2D eigenvalue weighted by Gasteiger charge is -2.15. The van der Waals surface area contributed by atoms with Crippen LogP contribution in [0.1, 0.15) is 51.9 Å². The van der Waals surface area contributed by atoms with Crippen LogP contribution in [0, 0.1) is 6.92 Å². The third-order valence-electron chi connectivity index (χ3n) is 2.94. The van der Waals surface area contributed by atoms with E-state index in [9.17, 15) is 0 Å². The molecule has 0 unspecified atom stereocenters. The Kier molecular flexibility index (Phi) is 8.05. The molecule has 1 aromatic heterocycles. The minimum atomic E-state index is 0.220. The maximum atomic E-state index is 5.78. The first-order chi connectivity index (χ1) is 10.1. The van der Waals surface area contributed by atoms with E-state index in [-0.39, 0.29) is 6.10 Å². The molecule has 0 spiro atoms. The molecule has 1 rings (SSSR count). The molecule has 0 saturated carbocycles. The molecule has 0 saturated heterocycles. The van der Waals surface area contributed by atoms with Gasteiger partial charge < -0.3 is 14.8 Å². The maximum Gasteiger partial charge on any atom is 0.221 e. The Balaban J connectivity index is 2.76. The van der Waals surface area contributed by atoms with Crippen LogP contribution in [0.15, 0.2) is 0 Å². The highest BCUT2D eigenvalue weighted by Crippen LogP contribution is 2.22. The van der Waals surface area contributed by atoms with Crippen molar-refractivity contribution >= 4 is 5.82 Å². The first kappa shape index (κ1) is 17.7. The van der Waals surface area contributed by atoms with Crippen molar-refractivity contribution in [1.29, 1.82) is 0 Å². The Morgan fingerprint density at radius 2 is 1.86 bits per heavy atom. The molecule has 5 heteroatoms. The number of nitrogens with one attached hydrogen (secondary N) is 1. The number of aromatic nitrogens is 2. The van der Waals surface area contributed by atoms with Gasteiger partial charge in [0.25, 0.3) is 0 Å². The summed E-state index contributed by atoms with van der Waals surface area (Å²) in [6, 6.07) is 0. The van der Waals surface area contributed by atoms with E-state index in [2.05, 4.69) is 29.1 Å². The predicted molar refractivity (Wildman–Crippen MR) is 86.1 cm³/mol. The minimum Gasteiger partial charge on any atom is -0.475 e. The van der Waals surface area contributed by atoms with Gasteiger partial charge in [0, 0.05) is 13.0 Å². The molecule has 5 nitrogen and oxygen atoms in total. The third-order valence-corrected chi connectivity index (χ3v) is 2.94. The number of hydrogen-bond acceptors (Lipinski definition) is 5. The van der Waals surface area contributed by atoms with Crippen LogP contribution in [0.3, 0.4) is 0 Å². The van der Waals surface area contributed by atoms with Crippen LogP contribution < -0.4 is 10.1 Å². The Morgan fingerprint density at radius 3 is 2.48 bits per heavy atom. The SMILES string of the molecule is CCCNc1nc(CCC)nc(OCCOC(C)C)c1C. The van der Waals surface area contributed by atoms with Gasteiger partial charge in [-0.3, -0.25) is 0 Å². The zero-order valence-electron chi connectivity index (χ0n) is 14.0. The summed E-state index contributed by atoms with van der Waals surface area (Å²) < 4.78 is 11.3. The highest BCUT2D eigenvalue weighted by atomic mass is 16.5. The van der Waals surface area contributed by atoms with Gasteiger partial charge in [-0.15, -0.1) is 0 Å². The normalized spacial score (nSPS) is 11.0. The van der Waals surface area contributed by atoms with Gasteiger partial charge >= 0.3 is 0 Å². The quantitative estimate of drug-likeness (QED) is 0.671. The van der Waals surface area contributed by atoms with Crippen LogP contribution in [-0.4, -0.2) is 35.8 Å². The summed E-state index contributed by atoms with van der Waals surface area (Å²) in [4.78, 5) is 9.10. The lowest BCUT2D eigenvalue weighted by atomic mass is 10.2. The molecule has 0 aliphatic heterocycles. The zero-order chi connectivity index (χ0) is 15.7. The van der Waals surface area contributed by atoms with Crippen molar-refractivity contribution in [3.8, 4) is 5.88 Å². The Bertz CT molecular complexity index is 422. The first-order valence-electron chi connectivity index (χ1n) is 7.94. The number of hydrogen-bond donors (Lipinski definition) is 1. The zero-order valence-corrected chi connectivity index (χ0v) is 14.0. The van der Waals surface area contributed by atoms with Crippen molar-refractivity contribution in [3.05, 3.63) is 11.4 Å². The summed E-state index contributed by atoms with van der Waals surface area (Å²) in [7, 11) is 0. The molecule has 0 radical (unpaired) electrons. The largest absolute Gasteiger partial charge is 0.475 e. The van der Waals surface area contributed by atoms with Crippen LogP contribution in [0.4, 0.5) is 5.82 Å². The standard InChI is InChI=1S/C16H29N3O2/c1-6-8-14-18-15(17-9-7-2)13(5)16(19-14)21-11-10-20-12(3)4/h12H,6-11H2,1-5H3,(H,17,18,19). The fourth-order valence-electron chi connectivity index (χ4n) is 1.85. The second kappa shape index (κ2) is 9.55. The number of ether oxygens (including phenoxy) is 2. The second-order valence-corrected chi connectivity index (χ2v) is 5.36. The average molecular weight is 295 g/mol. The molecular formula is C16H29N3O2. The number of rotatable bonds is 10. The number of nitrogens with zero attached hydrogens (tertiary/aromatic N) is 2. The third kappa shape index (κ3) is 6.29. The Labute approximate surface area is 128 Å². The van der Waals surface area contributed by atoms with Gasteiger partial charge in [0.2, 0.25) is 5.88 Å². The summed E-state index contributed by atoms with van der Waals surface area (Å²) in [6.07, 6.45) is 3.16. The smallest absolute Gasteiger partial charge is 0.221 e. The molecule has 1 heterocycles. The summed E-state index contributed by atoms with van der Waals surface area (Å²) in [5.74, 6) is 2.39. The van der Waals surface area contributed by atoms with E-state index in [4.69, 9.17) is 9.47 Å². The van der Waals surface area contributed by atoms with Gasteiger partial charge in [-0.1, -0.05) is 13.8 Å². The van der Waals surface area contributed by atoms with Crippen LogP contribution >= 0.6 is 0 Å². The minimum absolute atomic E-state index is 0.220. The van der Waals surface area contributed by atoms with Crippen molar-refractivity contribution in [3.63, 3.8) is 0 Å². The molecule has 0 fully saturated rings. The van der Waals surface area contributed by atoms with Gasteiger partial charge in [0.15, 0.2) is 0 Å². The molecule has 1 aromatic rings. The van der Waals surface area contributed by atoms with Crippen molar-refractivity contribution in [2.75, 3.05) is 25.1 Å². The van der Waals surface area contributed by atoms with Crippen molar-refractivity contribution in [1.82, 2.24) is 9.97 Å². The van der Waals surface area contributed by atoms with Crippen LogP contribution in [0.5, 0.6) is 5.88 Å². The van der Waals surface area contributed by atoms with Gasteiger partial charge in [0.05, 0.1) is 18.3 Å². The molecule has 120 valence electrons. The summed E-state index contributed by atoms with van der Waals surface area (Å²) >= 11 is 0. The molecule has 0 bridgehead atoms. The molecule has 0 aliphatic carbocycles. The van der Waals surface area contributed by atoms with Crippen molar-refractivity contribution in [2.45, 2.75) is 60.0 Å². The van der Waals surface area contributed by atoms with E-state index in [1.54, 1.807) is 0 Å². The van der Waals surface area contributed by atoms with E-state index in [0.29, 0.717) is 19.1 Å². The van der Waals surface area contributed by atoms with Crippen molar-refractivity contribution < 1.29 is 9.47 Å². The number of anilines is 1. The first-order valence-corrected chi connectivity index (χ1v) is 7.94. The van der Waals surface area contributed by atoms with Crippen molar-refractivity contribution in [2.24, 2.45) is 0 Å². The fraction of sp³-hybridized carbons (Fsp3) is 0.750. The molecule has 21 heavy (non-hydrogen) atoms. The monoisotopic (exact) mass is 295 g/mol. The summed E-state index contributed by atoms with van der Waals surface area (Å²) in [5.41, 5.74) is 0.966. The topological polar surface area (TPSA) is 56.3 Å².